The van der Waals surface area contributed by atoms with E-state index in [4.69, 9.17) is 5.73 Å². The second-order valence-electron chi connectivity index (χ2n) is 5.58. The van der Waals surface area contributed by atoms with Gasteiger partial charge in [0.15, 0.2) is 5.17 Å². The Labute approximate surface area is 141 Å². The van der Waals surface area contributed by atoms with Crippen LogP contribution < -0.4 is 5.73 Å². The van der Waals surface area contributed by atoms with E-state index >= 15 is 0 Å². The van der Waals surface area contributed by atoms with Crippen LogP contribution in [0.1, 0.15) is 30.9 Å². The molecule has 1 aliphatic heterocycles. The van der Waals surface area contributed by atoms with Gasteiger partial charge in [0.25, 0.3) is 0 Å². The highest BCUT2D eigenvalue weighted by Crippen LogP contribution is 2.36. The van der Waals surface area contributed by atoms with E-state index in [0.29, 0.717) is 10.4 Å². The Morgan fingerprint density at radius 3 is 2.87 bits per heavy atom. The average molecular weight is 324 g/mol. The van der Waals surface area contributed by atoms with Gasteiger partial charge < -0.3 is 5.73 Å². The van der Waals surface area contributed by atoms with Crippen LogP contribution in [-0.2, 0) is 0 Å². The highest BCUT2D eigenvalue weighted by atomic mass is 32.2. The van der Waals surface area contributed by atoms with Crippen molar-refractivity contribution in [1.82, 2.24) is 9.97 Å². The highest BCUT2D eigenvalue weighted by Gasteiger charge is 2.24. The number of nitrogens with two attached hydrogens (primary N) is 1. The molecule has 0 amide bonds. The van der Waals surface area contributed by atoms with E-state index in [1.807, 2.05) is 18.5 Å². The molecule has 23 heavy (non-hydrogen) atoms. The van der Waals surface area contributed by atoms with Crippen LogP contribution in [0.15, 0.2) is 60.6 Å². The summed E-state index contributed by atoms with van der Waals surface area (Å²) in [4.78, 5) is 12.8. The molecule has 0 saturated heterocycles. The van der Waals surface area contributed by atoms with Gasteiger partial charge in [-0.05, 0) is 36.5 Å². The van der Waals surface area contributed by atoms with Crippen LogP contribution in [0.25, 0.3) is 11.1 Å². The number of hydrogen-bond acceptors (Lipinski definition) is 5. The van der Waals surface area contributed by atoms with Crippen LogP contribution in [0.2, 0.25) is 0 Å². The van der Waals surface area contributed by atoms with E-state index in [1.54, 1.807) is 18.1 Å². The fourth-order valence-electron chi connectivity index (χ4n) is 2.77. The Hall–Kier alpha value is -2.14. The molecular formula is C18H20N4S. The monoisotopic (exact) mass is 324 g/mol. The lowest BCUT2D eigenvalue weighted by molar-refractivity contribution is 0.600. The minimum absolute atomic E-state index is 0.121. The first-order valence-electron chi connectivity index (χ1n) is 7.72. The van der Waals surface area contributed by atoms with Crippen molar-refractivity contribution in [2.75, 3.05) is 0 Å². The molecule has 4 nitrogen and oxygen atoms in total. The first kappa shape index (κ1) is 15.7. The molecule has 1 aliphatic rings. The van der Waals surface area contributed by atoms with Gasteiger partial charge in [-0.1, -0.05) is 36.0 Å². The smallest absolute Gasteiger partial charge is 0.154 e. The Kier molecular flexibility index (Phi) is 5.08. The fraction of sp³-hybridized carbons (Fsp3) is 0.278. The van der Waals surface area contributed by atoms with Gasteiger partial charge in [-0.25, -0.2) is 9.97 Å². The summed E-state index contributed by atoms with van der Waals surface area (Å²) in [5.74, 6) is 0. The van der Waals surface area contributed by atoms with Gasteiger partial charge >= 0.3 is 0 Å². The van der Waals surface area contributed by atoms with Crippen LogP contribution in [0.4, 0.5) is 0 Å². The Bertz CT molecular complexity index is 699. The molecule has 0 bridgehead atoms. The number of nitrogens with zero attached hydrogens (tertiary/aromatic N) is 3. The maximum atomic E-state index is 6.04. The van der Waals surface area contributed by atoms with Gasteiger partial charge in [-0.15, -0.1) is 6.58 Å². The predicted octanol–water partition coefficient (Wildman–Crippen LogP) is 3.97. The molecule has 0 aliphatic carbocycles. The van der Waals surface area contributed by atoms with Crippen LogP contribution in [0.5, 0.6) is 0 Å². The van der Waals surface area contributed by atoms with E-state index in [-0.39, 0.29) is 6.04 Å². The molecule has 2 atom stereocenters. The van der Waals surface area contributed by atoms with Gasteiger partial charge in [-0.2, -0.15) is 0 Å². The maximum absolute atomic E-state index is 6.04. The summed E-state index contributed by atoms with van der Waals surface area (Å²) in [5.41, 5.74) is 9.36. The molecule has 5 heteroatoms. The molecule has 1 aromatic heterocycles. The lowest BCUT2D eigenvalue weighted by atomic mass is 9.97. The number of allylic oxidation sites excluding steroid dienone is 1. The van der Waals surface area contributed by atoms with Crippen molar-refractivity contribution in [2.24, 2.45) is 10.7 Å². The Morgan fingerprint density at radius 2 is 2.09 bits per heavy atom. The van der Waals surface area contributed by atoms with Crippen LogP contribution >= 0.6 is 11.8 Å². The second-order valence-corrected chi connectivity index (χ2v) is 6.90. The van der Waals surface area contributed by atoms with Crippen molar-refractivity contribution >= 4 is 16.9 Å². The van der Waals surface area contributed by atoms with Gasteiger partial charge in [0.1, 0.15) is 6.33 Å². The van der Waals surface area contributed by atoms with E-state index in [2.05, 4.69) is 45.8 Å². The number of aliphatic imine (C=N–C) groups is 1. The van der Waals surface area contributed by atoms with Crippen molar-refractivity contribution in [2.45, 2.75) is 30.6 Å². The number of hydrogen-bond donors (Lipinski definition) is 1. The molecule has 3 rings (SSSR count). The normalized spacial score (nSPS) is 20.8. The number of rotatable bonds is 5. The number of thioether (sulfide) groups is 1. The van der Waals surface area contributed by atoms with Crippen LogP contribution in [-0.4, -0.2) is 20.4 Å². The summed E-state index contributed by atoms with van der Waals surface area (Å²) in [7, 11) is 0. The summed E-state index contributed by atoms with van der Waals surface area (Å²) in [6, 6.07) is 8.54. The number of benzene rings is 1. The minimum Gasteiger partial charge on any atom is -0.379 e. The summed E-state index contributed by atoms with van der Waals surface area (Å²) < 4.78 is 0. The summed E-state index contributed by atoms with van der Waals surface area (Å²) in [5, 5.41) is 1.18. The van der Waals surface area contributed by atoms with E-state index in [0.717, 1.165) is 30.4 Å². The zero-order valence-electron chi connectivity index (χ0n) is 12.9. The standard InChI is InChI=1S/C18H20N4S/c1-2-3-7-16-9-17(22-18(19)23-16)14-6-4-5-13(8-14)15-10-20-12-21-11-15/h2,4-6,8,10-12,16-17H,1,3,7,9H2,(H2,19,22)/t16-,17+/m1/s1. The van der Waals surface area contributed by atoms with Crippen LogP contribution in [0, 0.1) is 0 Å². The lowest BCUT2D eigenvalue weighted by Crippen LogP contribution is -2.22. The Morgan fingerprint density at radius 1 is 1.26 bits per heavy atom. The maximum Gasteiger partial charge on any atom is 0.154 e. The molecule has 118 valence electrons. The van der Waals surface area contributed by atoms with Crippen molar-refractivity contribution < 1.29 is 0 Å². The number of amidine groups is 1. The minimum atomic E-state index is 0.121. The highest BCUT2D eigenvalue weighted by molar-refractivity contribution is 8.14. The van der Waals surface area contributed by atoms with Crippen molar-refractivity contribution in [3.05, 3.63) is 61.2 Å². The molecule has 2 N–H and O–H groups in total. The van der Waals surface area contributed by atoms with Gasteiger partial charge in [-0.3, -0.25) is 4.99 Å². The molecule has 0 saturated carbocycles. The third-order valence-corrected chi connectivity index (χ3v) is 5.02. The molecule has 2 heterocycles. The summed E-state index contributed by atoms with van der Waals surface area (Å²) in [6.45, 7) is 3.80. The fourth-order valence-corrected chi connectivity index (χ4v) is 3.83. The molecule has 1 aromatic carbocycles. The van der Waals surface area contributed by atoms with E-state index in [9.17, 15) is 0 Å². The van der Waals surface area contributed by atoms with Gasteiger partial charge in [0, 0.05) is 23.2 Å². The topological polar surface area (TPSA) is 64.2 Å². The molecule has 2 aromatic rings. The van der Waals surface area contributed by atoms with E-state index < -0.39 is 0 Å². The van der Waals surface area contributed by atoms with Crippen molar-refractivity contribution in [1.29, 1.82) is 0 Å². The Balaban J connectivity index is 1.83. The molecule has 0 radical (unpaired) electrons. The lowest BCUT2D eigenvalue weighted by Gasteiger charge is -2.26. The quantitative estimate of drug-likeness (QED) is 0.845. The first-order chi connectivity index (χ1) is 11.3. The van der Waals surface area contributed by atoms with Gasteiger partial charge in [0.05, 0.1) is 6.04 Å². The molecule has 0 spiro atoms. The average Bonchev–Trinajstić information content (AvgIpc) is 2.60. The van der Waals surface area contributed by atoms with Crippen molar-refractivity contribution in [3.8, 4) is 11.1 Å². The predicted molar refractivity (Wildman–Crippen MR) is 97.3 cm³/mol. The summed E-state index contributed by atoms with van der Waals surface area (Å²) in [6.07, 6.45) is 10.3. The third kappa shape index (κ3) is 3.99. The molecule has 0 fully saturated rings. The van der Waals surface area contributed by atoms with E-state index in [1.165, 1.54) is 5.56 Å². The molecular weight excluding hydrogens is 304 g/mol. The molecule has 0 unspecified atom stereocenters. The zero-order valence-corrected chi connectivity index (χ0v) is 13.7. The largest absolute Gasteiger partial charge is 0.379 e. The van der Waals surface area contributed by atoms with Gasteiger partial charge in [0.2, 0.25) is 0 Å². The third-order valence-electron chi connectivity index (χ3n) is 3.91. The van der Waals surface area contributed by atoms with Crippen LogP contribution in [0.3, 0.4) is 0 Å². The zero-order chi connectivity index (χ0) is 16.1. The van der Waals surface area contributed by atoms with Crippen molar-refractivity contribution in [3.63, 3.8) is 0 Å². The SMILES string of the molecule is C=CCC[C@@H]1C[C@@H](c2cccc(-c3cncnc3)c2)N=C(N)S1. The number of aromatic nitrogens is 2. The summed E-state index contributed by atoms with van der Waals surface area (Å²) >= 11 is 1.69. The second kappa shape index (κ2) is 7.42. The first-order valence-corrected chi connectivity index (χ1v) is 8.60.